The fraction of sp³-hybridized carbons (Fsp3) is 0.125. The van der Waals surface area contributed by atoms with Gasteiger partial charge in [0.05, 0.1) is 0 Å². The molecule has 3 nitrogen and oxygen atoms in total. The molecule has 19 heavy (non-hydrogen) atoms. The Balaban J connectivity index is 2.31. The van der Waals surface area contributed by atoms with Gasteiger partial charge in [0.25, 0.3) is 0 Å². The van der Waals surface area contributed by atoms with Gasteiger partial charge in [0.15, 0.2) is 5.78 Å². The van der Waals surface area contributed by atoms with E-state index in [9.17, 15) is 9.59 Å². The van der Waals surface area contributed by atoms with E-state index in [0.29, 0.717) is 11.3 Å². The van der Waals surface area contributed by atoms with Crippen LogP contribution in [-0.4, -0.2) is 11.8 Å². The number of Topliss-reactive ketones (excluding diaryl/α,β-unsaturated/α-hetero) is 1. The zero-order chi connectivity index (χ0) is 13.4. The topological polar surface area (TPSA) is 43.4 Å². The second kappa shape index (κ2) is 4.35. The summed E-state index contributed by atoms with van der Waals surface area (Å²) < 4.78 is 5.32. The second-order valence-electron chi connectivity index (χ2n) is 4.55. The highest BCUT2D eigenvalue weighted by Gasteiger charge is 2.30. The van der Waals surface area contributed by atoms with Crippen molar-refractivity contribution in [3.05, 3.63) is 54.1 Å². The molecule has 1 atom stereocenters. The second-order valence-corrected chi connectivity index (χ2v) is 4.55. The van der Waals surface area contributed by atoms with Crippen LogP contribution in [0.1, 0.15) is 17.3 Å². The molecule has 1 heterocycles. The number of hydrogen-bond acceptors (Lipinski definition) is 3. The molecular weight excluding hydrogens is 240 g/mol. The molecule has 0 saturated heterocycles. The number of esters is 1. The van der Waals surface area contributed by atoms with Crippen LogP contribution in [0.15, 0.2) is 48.5 Å². The first-order valence-electron chi connectivity index (χ1n) is 6.13. The molecule has 0 spiro atoms. The number of para-hydroxylation sites is 1. The smallest absolute Gasteiger partial charge is 0.321 e. The third kappa shape index (κ3) is 1.83. The summed E-state index contributed by atoms with van der Waals surface area (Å²) in [5.74, 6) is -0.990. The van der Waals surface area contributed by atoms with Crippen LogP contribution in [0.25, 0.3) is 11.1 Å². The summed E-state index contributed by atoms with van der Waals surface area (Å²) in [6.45, 7) is 1.58. The van der Waals surface area contributed by atoms with Crippen LogP contribution >= 0.6 is 0 Å². The standard InChI is InChI=1S/C16H12O3/c1-10-15(17)13-8-3-2-6-11(13)12-7-4-5-9-14(12)19-16(10)18/h2-10H,1H3/t10-/m0/s1. The number of benzene rings is 2. The number of rotatable bonds is 0. The van der Waals surface area contributed by atoms with Crippen molar-refractivity contribution in [2.45, 2.75) is 6.92 Å². The molecule has 0 fully saturated rings. The Bertz CT molecular complexity index is 673. The SMILES string of the molecule is C[C@@H]1C(=O)Oc2ccccc2-c2ccccc2C1=O. The van der Waals surface area contributed by atoms with Crippen molar-refractivity contribution in [1.82, 2.24) is 0 Å². The van der Waals surface area contributed by atoms with Gasteiger partial charge in [0.2, 0.25) is 0 Å². The third-order valence-electron chi connectivity index (χ3n) is 3.33. The van der Waals surface area contributed by atoms with Crippen LogP contribution in [0.5, 0.6) is 5.75 Å². The molecular formula is C16H12O3. The van der Waals surface area contributed by atoms with E-state index < -0.39 is 11.9 Å². The first-order chi connectivity index (χ1) is 9.18. The monoisotopic (exact) mass is 252 g/mol. The number of carbonyl (C=O) groups is 2. The number of ketones is 1. The zero-order valence-corrected chi connectivity index (χ0v) is 10.4. The van der Waals surface area contributed by atoms with E-state index in [-0.39, 0.29) is 5.78 Å². The van der Waals surface area contributed by atoms with E-state index in [0.717, 1.165) is 11.1 Å². The van der Waals surface area contributed by atoms with Crippen molar-refractivity contribution in [2.24, 2.45) is 5.92 Å². The Labute approximate surface area is 110 Å². The van der Waals surface area contributed by atoms with E-state index in [1.807, 2.05) is 30.3 Å². The lowest BCUT2D eigenvalue weighted by Gasteiger charge is -2.19. The normalized spacial score (nSPS) is 17.8. The maximum Gasteiger partial charge on any atom is 0.321 e. The van der Waals surface area contributed by atoms with Gasteiger partial charge in [-0.25, -0.2) is 0 Å². The first kappa shape index (κ1) is 11.7. The Kier molecular flexibility index (Phi) is 2.67. The van der Waals surface area contributed by atoms with Gasteiger partial charge in [0, 0.05) is 11.1 Å². The van der Waals surface area contributed by atoms with Crippen molar-refractivity contribution in [1.29, 1.82) is 0 Å². The fourth-order valence-electron chi connectivity index (χ4n) is 2.25. The summed E-state index contributed by atoms with van der Waals surface area (Å²) in [7, 11) is 0. The molecule has 0 bridgehead atoms. The van der Waals surface area contributed by atoms with Gasteiger partial charge in [-0.2, -0.15) is 0 Å². The van der Waals surface area contributed by atoms with Gasteiger partial charge in [-0.05, 0) is 18.6 Å². The molecule has 0 saturated carbocycles. The number of ether oxygens (including phenoxy) is 1. The van der Waals surface area contributed by atoms with Gasteiger partial charge in [-0.15, -0.1) is 0 Å². The number of fused-ring (bicyclic) bond motifs is 3. The Morgan fingerprint density at radius 1 is 0.842 bits per heavy atom. The maximum atomic E-state index is 12.3. The maximum absolute atomic E-state index is 12.3. The Hall–Kier alpha value is -2.42. The summed E-state index contributed by atoms with van der Waals surface area (Å²) in [4.78, 5) is 24.2. The highest BCUT2D eigenvalue weighted by molar-refractivity contribution is 6.13. The molecule has 1 aliphatic heterocycles. The molecule has 2 aromatic rings. The average molecular weight is 252 g/mol. The lowest BCUT2D eigenvalue weighted by atomic mass is 9.90. The molecule has 3 heteroatoms. The van der Waals surface area contributed by atoms with Crippen molar-refractivity contribution in [2.75, 3.05) is 0 Å². The summed E-state index contributed by atoms with van der Waals surface area (Å²) in [6, 6.07) is 14.6. The minimum atomic E-state index is -0.783. The van der Waals surface area contributed by atoms with Crippen LogP contribution in [0.3, 0.4) is 0 Å². The molecule has 0 radical (unpaired) electrons. The van der Waals surface area contributed by atoms with Gasteiger partial charge in [-0.1, -0.05) is 42.5 Å². The van der Waals surface area contributed by atoms with Crippen LogP contribution in [0.2, 0.25) is 0 Å². The summed E-state index contributed by atoms with van der Waals surface area (Å²) in [5.41, 5.74) is 2.15. The molecule has 0 N–H and O–H groups in total. The zero-order valence-electron chi connectivity index (χ0n) is 10.4. The number of hydrogen-bond donors (Lipinski definition) is 0. The molecule has 3 rings (SSSR count). The summed E-state index contributed by atoms with van der Waals surface area (Å²) >= 11 is 0. The molecule has 0 amide bonds. The molecule has 0 aromatic heterocycles. The fourth-order valence-corrected chi connectivity index (χ4v) is 2.25. The highest BCUT2D eigenvalue weighted by Crippen LogP contribution is 2.35. The lowest BCUT2D eigenvalue weighted by molar-refractivity contribution is -0.136. The van der Waals surface area contributed by atoms with E-state index in [4.69, 9.17) is 4.74 Å². The van der Waals surface area contributed by atoms with Gasteiger partial charge >= 0.3 is 5.97 Å². The van der Waals surface area contributed by atoms with Gasteiger partial charge in [-0.3, -0.25) is 9.59 Å². The van der Waals surface area contributed by atoms with Crippen LogP contribution < -0.4 is 4.74 Å². The minimum Gasteiger partial charge on any atom is -0.425 e. The lowest BCUT2D eigenvalue weighted by Crippen LogP contribution is -2.27. The summed E-state index contributed by atoms with van der Waals surface area (Å²) in [6.07, 6.45) is 0. The quantitative estimate of drug-likeness (QED) is 0.411. The van der Waals surface area contributed by atoms with Crippen LogP contribution in [-0.2, 0) is 4.79 Å². The molecule has 0 unspecified atom stereocenters. The van der Waals surface area contributed by atoms with Crippen LogP contribution in [0.4, 0.5) is 0 Å². The largest absolute Gasteiger partial charge is 0.425 e. The summed E-state index contributed by atoms with van der Waals surface area (Å²) in [5, 5.41) is 0. The van der Waals surface area contributed by atoms with Crippen LogP contribution in [0, 0.1) is 5.92 Å². The molecule has 2 aromatic carbocycles. The highest BCUT2D eigenvalue weighted by atomic mass is 16.5. The van der Waals surface area contributed by atoms with E-state index in [2.05, 4.69) is 0 Å². The van der Waals surface area contributed by atoms with Gasteiger partial charge in [0.1, 0.15) is 11.7 Å². The van der Waals surface area contributed by atoms with Crippen molar-refractivity contribution < 1.29 is 14.3 Å². The first-order valence-corrected chi connectivity index (χ1v) is 6.13. The Morgan fingerprint density at radius 2 is 1.42 bits per heavy atom. The van der Waals surface area contributed by atoms with E-state index in [1.54, 1.807) is 25.1 Å². The van der Waals surface area contributed by atoms with E-state index >= 15 is 0 Å². The molecule has 94 valence electrons. The molecule has 1 aliphatic rings. The van der Waals surface area contributed by atoms with Crippen molar-refractivity contribution in [3.63, 3.8) is 0 Å². The van der Waals surface area contributed by atoms with Crippen molar-refractivity contribution in [3.8, 4) is 16.9 Å². The molecule has 0 aliphatic carbocycles. The van der Waals surface area contributed by atoms with Crippen molar-refractivity contribution >= 4 is 11.8 Å². The minimum absolute atomic E-state index is 0.199. The predicted octanol–water partition coefficient (Wildman–Crippen LogP) is 3.09. The third-order valence-corrected chi connectivity index (χ3v) is 3.33. The number of carbonyl (C=O) groups excluding carboxylic acids is 2. The average Bonchev–Trinajstić information content (AvgIpc) is 2.45. The predicted molar refractivity (Wildman–Crippen MR) is 71.0 cm³/mol. The van der Waals surface area contributed by atoms with E-state index in [1.165, 1.54) is 0 Å². The van der Waals surface area contributed by atoms with Gasteiger partial charge < -0.3 is 4.74 Å². The Morgan fingerprint density at radius 3 is 2.16 bits per heavy atom.